The lowest BCUT2D eigenvalue weighted by molar-refractivity contribution is -0.142. The first-order valence-corrected chi connectivity index (χ1v) is 10.4. The molecule has 0 aliphatic carbocycles. The summed E-state index contributed by atoms with van der Waals surface area (Å²) in [6, 6.07) is 17.6. The molecule has 4 nitrogen and oxygen atoms in total. The Hall–Kier alpha value is -2.62. The molecule has 0 radical (unpaired) electrons. The second-order valence-corrected chi connectivity index (χ2v) is 8.66. The molecule has 2 aromatic carbocycles. The fourth-order valence-corrected chi connectivity index (χ4v) is 3.30. The van der Waals surface area contributed by atoms with Gasteiger partial charge >= 0.3 is 0 Å². The van der Waals surface area contributed by atoms with Gasteiger partial charge in [0, 0.05) is 18.5 Å². The van der Waals surface area contributed by atoms with Crippen LogP contribution < -0.4 is 5.32 Å². The summed E-state index contributed by atoms with van der Waals surface area (Å²) in [5, 5.41) is 3.04. The molecule has 0 bridgehead atoms. The van der Waals surface area contributed by atoms with E-state index in [1.165, 1.54) is 5.56 Å². The molecule has 2 aromatic rings. The zero-order valence-corrected chi connectivity index (χ0v) is 18.4. The van der Waals surface area contributed by atoms with Gasteiger partial charge < -0.3 is 10.2 Å². The fourth-order valence-electron chi connectivity index (χ4n) is 3.30. The predicted molar refractivity (Wildman–Crippen MR) is 118 cm³/mol. The van der Waals surface area contributed by atoms with Crippen LogP contribution in [0.25, 0.3) is 0 Å². The van der Waals surface area contributed by atoms with Crippen LogP contribution in [-0.2, 0) is 22.6 Å². The lowest BCUT2D eigenvalue weighted by atomic mass is 10.0. The first-order chi connectivity index (χ1) is 13.7. The second kappa shape index (κ2) is 10.2. The van der Waals surface area contributed by atoms with Crippen molar-refractivity contribution in [2.24, 2.45) is 0 Å². The van der Waals surface area contributed by atoms with Gasteiger partial charge in [0.15, 0.2) is 0 Å². The number of benzene rings is 2. The minimum absolute atomic E-state index is 0.00494. The normalized spacial score (nSPS) is 12.3. The highest BCUT2D eigenvalue weighted by Crippen LogP contribution is 2.16. The highest BCUT2D eigenvalue weighted by molar-refractivity contribution is 5.88. The third-order valence-electron chi connectivity index (χ3n) is 4.83. The van der Waals surface area contributed by atoms with Gasteiger partial charge in [0.1, 0.15) is 6.04 Å². The quantitative estimate of drug-likeness (QED) is 0.708. The zero-order valence-electron chi connectivity index (χ0n) is 18.4. The summed E-state index contributed by atoms with van der Waals surface area (Å²) in [4.78, 5) is 27.9. The van der Waals surface area contributed by atoms with Crippen LogP contribution >= 0.6 is 0 Å². The monoisotopic (exact) mass is 394 g/mol. The number of carbonyl (C=O) groups is 2. The molecule has 0 aromatic heterocycles. The Morgan fingerprint density at radius 2 is 1.59 bits per heavy atom. The van der Waals surface area contributed by atoms with Crippen molar-refractivity contribution in [1.29, 1.82) is 0 Å². The molecule has 0 heterocycles. The van der Waals surface area contributed by atoms with Crippen molar-refractivity contribution < 1.29 is 9.59 Å². The number of carbonyl (C=O) groups excluding carboxylic acids is 2. The van der Waals surface area contributed by atoms with E-state index in [9.17, 15) is 9.59 Å². The van der Waals surface area contributed by atoms with E-state index in [1.54, 1.807) is 4.90 Å². The summed E-state index contributed by atoms with van der Waals surface area (Å²) >= 11 is 0. The Bertz CT molecular complexity index is 792. The molecule has 0 saturated heterocycles. The van der Waals surface area contributed by atoms with Gasteiger partial charge in [-0.05, 0) is 51.7 Å². The summed E-state index contributed by atoms with van der Waals surface area (Å²) in [7, 11) is 0. The van der Waals surface area contributed by atoms with Gasteiger partial charge in [0.2, 0.25) is 11.8 Å². The predicted octanol–water partition coefficient (Wildman–Crippen LogP) is 4.65. The second-order valence-electron chi connectivity index (χ2n) is 8.66. The highest BCUT2D eigenvalue weighted by Gasteiger charge is 2.30. The summed E-state index contributed by atoms with van der Waals surface area (Å²) in [5.41, 5.74) is 3.03. The topological polar surface area (TPSA) is 49.4 Å². The van der Waals surface area contributed by atoms with Gasteiger partial charge in [-0.15, -0.1) is 0 Å². The van der Waals surface area contributed by atoms with E-state index in [2.05, 4.69) is 36.5 Å². The van der Waals surface area contributed by atoms with Crippen LogP contribution in [-0.4, -0.2) is 28.3 Å². The average molecular weight is 395 g/mol. The van der Waals surface area contributed by atoms with Crippen LogP contribution in [0.1, 0.15) is 57.2 Å². The van der Waals surface area contributed by atoms with Crippen molar-refractivity contribution in [3.63, 3.8) is 0 Å². The third-order valence-corrected chi connectivity index (χ3v) is 4.83. The standard InChI is InChI=1S/C25H34N2O2/c1-6-22(24(29)26-25(3,4)5)27(18-21-10-8-7-9-11-21)23(28)17-16-20-14-12-19(2)13-15-20/h7-15,22H,6,16-18H2,1-5H3,(H,26,29)/t22-/m1/s1. The van der Waals surface area contributed by atoms with E-state index in [0.717, 1.165) is 11.1 Å². The summed E-state index contributed by atoms with van der Waals surface area (Å²) in [6.45, 7) is 10.3. The van der Waals surface area contributed by atoms with Crippen molar-refractivity contribution in [2.45, 2.75) is 72.0 Å². The Kier molecular flexibility index (Phi) is 8.00. The first-order valence-electron chi connectivity index (χ1n) is 10.4. The fraction of sp³-hybridized carbons (Fsp3) is 0.440. The average Bonchev–Trinajstić information content (AvgIpc) is 2.66. The lowest BCUT2D eigenvalue weighted by Gasteiger charge is -2.33. The van der Waals surface area contributed by atoms with E-state index >= 15 is 0 Å². The summed E-state index contributed by atoms with van der Waals surface area (Å²) in [6.07, 6.45) is 1.63. The number of hydrogen-bond acceptors (Lipinski definition) is 2. The Labute approximate surface area is 175 Å². The summed E-state index contributed by atoms with van der Waals surface area (Å²) < 4.78 is 0. The van der Waals surface area contributed by atoms with Gasteiger partial charge in [-0.3, -0.25) is 9.59 Å². The molecule has 0 saturated carbocycles. The molecule has 4 heteroatoms. The number of aryl methyl sites for hydroxylation is 2. The van der Waals surface area contributed by atoms with Crippen molar-refractivity contribution in [1.82, 2.24) is 10.2 Å². The minimum atomic E-state index is -0.486. The van der Waals surface area contributed by atoms with E-state index in [-0.39, 0.29) is 17.4 Å². The van der Waals surface area contributed by atoms with E-state index < -0.39 is 6.04 Å². The SMILES string of the molecule is CC[C@H](C(=O)NC(C)(C)C)N(Cc1ccccc1)C(=O)CCc1ccc(C)cc1. The molecule has 0 unspecified atom stereocenters. The summed E-state index contributed by atoms with van der Waals surface area (Å²) in [5.74, 6) is -0.0926. The molecular weight excluding hydrogens is 360 g/mol. The van der Waals surface area contributed by atoms with Crippen molar-refractivity contribution in [3.05, 3.63) is 71.3 Å². The number of nitrogens with zero attached hydrogens (tertiary/aromatic N) is 1. The molecule has 0 fully saturated rings. The Balaban J connectivity index is 2.19. The molecule has 2 amide bonds. The lowest BCUT2D eigenvalue weighted by Crippen LogP contribution is -2.53. The van der Waals surface area contributed by atoms with Gasteiger partial charge in [-0.1, -0.05) is 67.1 Å². The number of rotatable bonds is 8. The molecule has 1 N–H and O–H groups in total. The Morgan fingerprint density at radius 3 is 2.14 bits per heavy atom. The molecule has 156 valence electrons. The minimum Gasteiger partial charge on any atom is -0.350 e. The van der Waals surface area contributed by atoms with Gasteiger partial charge in [-0.2, -0.15) is 0 Å². The van der Waals surface area contributed by atoms with E-state index in [1.807, 2.05) is 58.0 Å². The van der Waals surface area contributed by atoms with Crippen LogP contribution in [0.15, 0.2) is 54.6 Å². The Morgan fingerprint density at radius 1 is 0.966 bits per heavy atom. The van der Waals surface area contributed by atoms with Crippen molar-refractivity contribution >= 4 is 11.8 Å². The molecule has 1 atom stereocenters. The van der Waals surface area contributed by atoms with Crippen molar-refractivity contribution in [2.75, 3.05) is 0 Å². The zero-order chi connectivity index (χ0) is 21.4. The number of amides is 2. The number of hydrogen-bond donors (Lipinski definition) is 1. The van der Waals surface area contributed by atoms with Crippen LogP contribution in [0.2, 0.25) is 0 Å². The first kappa shape index (κ1) is 22.7. The third kappa shape index (κ3) is 7.37. The maximum absolute atomic E-state index is 13.2. The van der Waals surface area contributed by atoms with Gasteiger partial charge in [0.05, 0.1) is 0 Å². The molecule has 0 aliphatic rings. The van der Waals surface area contributed by atoms with Crippen molar-refractivity contribution in [3.8, 4) is 0 Å². The van der Waals surface area contributed by atoms with E-state index in [0.29, 0.717) is 25.8 Å². The number of nitrogens with one attached hydrogen (secondary N) is 1. The molecular formula is C25H34N2O2. The molecule has 0 aliphatic heterocycles. The van der Waals surface area contributed by atoms with Crippen LogP contribution in [0.3, 0.4) is 0 Å². The highest BCUT2D eigenvalue weighted by atomic mass is 16.2. The van der Waals surface area contributed by atoms with Crippen LogP contribution in [0.5, 0.6) is 0 Å². The van der Waals surface area contributed by atoms with Gasteiger partial charge in [0.25, 0.3) is 0 Å². The molecule has 29 heavy (non-hydrogen) atoms. The molecule has 0 spiro atoms. The smallest absolute Gasteiger partial charge is 0.243 e. The maximum Gasteiger partial charge on any atom is 0.243 e. The largest absolute Gasteiger partial charge is 0.350 e. The van der Waals surface area contributed by atoms with Crippen LogP contribution in [0.4, 0.5) is 0 Å². The van der Waals surface area contributed by atoms with Gasteiger partial charge in [-0.25, -0.2) is 0 Å². The van der Waals surface area contributed by atoms with E-state index in [4.69, 9.17) is 0 Å². The molecule has 2 rings (SSSR count). The maximum atomic E-state index is 13.2. The van der Waals surface area contributed by atoms with Crippen LogP contribution in [0, 0.1) is 6.92 Å².